The van der Waals surface area contributed by atoms with Crippen molar-refractivity contribution >= 4 is 28.5 Å². The SMILES string of the molecule is Cn1nc2n(c1=O)CCN(c1cc(-c3nc4ccccc4[nH]3)c(Cl)cn1)CC2. The highest BCUT2D eigenvalue weighted by Gasteiger charge is 2.20. The van der Waals surface area contributed by atoms with Gasteiger partial charge in [0.1, 0.15) is 17.5 Å². The molecule has 0 saturated carbocycles. The number of para-hydroxylation sites is 2. The number of benzene rings is 1. The van der Waals surface area contributed by atoms with E-state index in [0.717, 1.165) is 34.8 Å². The number of halogens is 1. The second-order valence-electron chi connectivity index (χ2n) is 6.84. The van der Waals surface area contributed by atoms with Gasteiger partial charge < -0.3 is 9.88 Å². The van der Waals surface area contributed by atoms with Crippen molar-refractivity contribution < 1.29 is 0 Å². The lowest BCUT2D eigenvalue weighted by Crippen LogP contribution is -2.30. The zero-order valence-electron chi connectivity index (χ0n) is 15.3. The number of rotatable bonds is 2. The number of nitrogens with zero attached hydrogens (tertiary/aromatic N) is 6. The maximum Gasteiger partial charge on any atom is 0.345 e. The zero-order chi connectivity index (χ0) is 19.3. The second-order valence-corrected chi connectivity index (χ2v) is 7.24. The number of aryl methyl sites for hydroxylation is 1. The summed E-state index contributed by atoms with van der Waals surface area (Å²) in [5.41, 5.74) is 2.58. The normalized spacial score (nSPS) is 14.3. The van der Waals surface area contributed by atoms with Crippen LogP contribution in [-0.4, -0.2) is 42.4 Å². The molecule has 0 aliphatic carbocycles. The molecule has 1 aliphatic rings. The van der Waals surface area contributed by atoms with Crippen LogP contribution in [0.15, 0.2) is 41.3 Å². The van der Waals surface area contributed by atoms with E-state index in [2.05, 4.69) is 25.0 Å². The summed E-state index contributed by atoms with van der Waals surface area (Å²) < 4.78 is 3.13. The van der Waals surface area contributed by atoms with Gasteiger partial charge in [-0.3, -0.25) is 4.57 Å². The van der Waals surface area contributed by atoms with E-state index in [1.165, 1.54) is 4.68 Å². The Morgan fingerprint density at radius 1 is 1.18 bits per heavy atom. The molecule has 4 aromatic rings. The molecule has 0 bridgehead atoms. The van der Waals surface area contributed by atoms with Gasteiger partial charge in [0.05, 0.1) is 16.1 Å². The molecule has 1 aliphatic heterocycles. The average molecular weight is 396 g/mol. The summed E-state index contributed by atoms with van der Waals surface area (Å²) in [7, 11) is 1.68. The van der Waals surface area contributed by atoms with Crippen LogP contribution in [0.2, 0.25) is 5.02 Å². The summed E-state index contributed by atoms with van der Waals surface area (Å²) in [4.78, 5) is 26.8. The summed E-state index contributed by atoms with van der Waals surface area (Å²) in [6, 6.07) is 9.82. The van der Waals surface area contributed by atoms with E-state index in [0.29, 0.717) is 30.4 Å². The van der Waals surface area contributed by atoms with Gasteiger partial charge in [-0.25, -0.2) is 19.4 Å². The zero-order valence-corrected chi connectivity index (χ0v) is 16.0. The summed E-state index contributed by atoms with van der Waals surface area (Å²) in [6.07, 6.45) is 2.34. The molecule has 0 radical (unpaired) electrons. The molecule has 1 aromatic carbocycles. The minimum atomic E-state index is -0.0797. The van der Waals surface area contributed by atoms with Gasteiger partial charge in [-0.1, -0.05) is 23.7 Å². The van der Waals surface area contributed by atoms with Crippen molar-refractivity contribution in [2.24, 2.45) is 7.05 Å². The molecule has 3 aromatic heterocycles. The monoisotopic (exact) mass is 395 g/mol. The molecular formula is C19H18ClN7O. The molecular weight excluding hydrogens is 378 g/mol. The summed E-state index contributed by atoms with van der Waals surface area (Å²) in [5.74, 6) is 2.33. The lowest BCUT2D eigenvalue weighted by atomic mass is 10.2. The van der Waals surface area contributed by atoms with Crippen LogP contribution in [0.3, 0.4) is 0 Å². The Morgan fingerprint density at radius 2 is 2.04 bits per heavy atom. The van der Waals surface area contributed by atoms with Gasteiger partial charge in [0, 0.05) is 44.9 Å². The second kappa shape index (κ2) is 6.49. The number of pyridine rings is 1. The van der Waals surface area contributed by atoms with Gasteiger partial charge >= 0.3 is 5.69 Å². The molecule has 4 heterocycles. The lowest BCUT2D eigenvalue weighted by Gasteiger charge is -2.21. The molecule has 9 heteroatoms. The number of H-pyrrole nitrogens is 1. The number of hydrogen-bond acceptors (Lipinski definition) is 5. The average Bonchev–Trinajstić information content (AvgIpc) is 3.16. The summed E-state index contributed by atoms with van der Waals surface area (Å²) in [5, 5.41) is 4.87. The van der Waals surface area contributed by atoms with Crippen molar-refractivity contribution in [3.63, 3.8) is 0 Å². The molecule has 0 amide bonds. The minimum Gasteiger partial charge on any atom is -0.354 e. The number of imidazole rings is 1. The maximum absolute atomic E-state index is 12.2. The van der Waals surface area contributed by atoms with Crippen LogP contribution in [0.5, 0.6) is 0 Å². The van der Waals surface area contributed by atoms with Gasteiger partial charge in [0.2, 0.25) is 0 Å². The van der Waals surface area contributed by atoms with Gasteiger partial charge in [-0.2, -0.15) is 5.10 Å². The Kier molecular flexibility index (Phi) is 3.94. The molecule has 28 heavy (non-hydrogen) atoms. The van der Waals surface area contributed by atoms with Crippen molar-refractivity contribution in [1.82, 2.24) is 29.3 Å². The van der Waals surface area contributed by atoms with Crippen molar-refractivity contribution in [3.8, 4) is 11.4 Å². The molecule has 0 unspecified atom stereocenters. The first-order valence-electron chi connectivity index (χ1n) is 9.08. The number of fused-ring (bicyclic) bond motifs is 2. The van der Waals surface area contributed by atoms with E-state index in [-0.39, 0.29) is 5.69 Å². The van der Waals surface area contributed by atoms with Crippen LogP contribution in [0, 0.1) is 0 Å². The fourth-order valence-corrected chi connectivity index (χ4v) is 3.82. The Labute approximate surface area is 165 Å². The third-order valence-corrected chi connectivity index (χ3v) is 5.39. The number of aromatic amines is 1. The van der Waals surface area contributed by atoms with Crippen molar-refractivity contribution in [2.75, 3.05) is 18.0 Å². The minimum absolute atomic E-state index is 0.0797. The first kappa shape index (κ1) is 17.0. The van der Waals surface area contributed by atoms with Crippen LogP contribution in [0.1, 0.15) is 5.82 Å². The molecule has 1 N–H and O–H groups in total. The van der Waals surface area contributed by atoms with E-state index < -0.39 is 0 Å². The summed E-state index contributed by atoms with van der Waals surface area (Å²) in [6.45, 7) is 1.98. The Hall–Kier alpha value is -3.13. The van der Waals surface area contributed by atoms with Crippen LogP contribution in [0.25, 0.3) is 22.4 Å². The highest BCUT2D eigenvalue weighted by molar-refractivity contribution is 6.33. The fourth-order valence-electron chi connectivity index (χ4n) is 3.62. The predicted octanol–water partition coefficient (Wildman–Crippen LogP) is 2.24. The molecule has 142 valence electrons. The first-order valence-corrected chi connectivity index (χ1v) is 9.46. The first-order chi connectivity index (χ1) is 13.6. The Morgan fingerprint density at radius 3 is 2.89 bits per heavy atom. The fraction of sp³-hybridized carbons (Fsp3) is 0.263. The highest BCUT2D eigenvalue weighted by atomic mass is 35.5. The van der Waals surface area contributed by atoms with Gasteiger partial charge in [0.25, 0.3) is 0 Å². The molecule has 5 rings (SSSR count). The van der Waals surface area contributed by atoms with Crippen molar-refractivity contribution in [1.29, 1.82) is 0 Å². The van der Waals surface area contributed by atoms with Crippen LogP contribution < -0.4 is 10.6 Å². The van der Waals surface area contributed by atoms with Crippen LogP contribution >= 0.6 is 11.6 Å². The quantitative estimate of drug-likeness (QED) is 0.562. The number of hydrogen-bond donors (Lipinski definition) is 1. The van der Waals surface area contributed by atoms with Crippen molar-refractivity contribution in [2.45, 2.75) is 13.0 Å². The van der Waals surface area contributed by atoms with E-state index in [9.17, 15) is 4.79 Å². The van der Waals surface area contributed by atoms with Gasteiger partial charge in [0.15, 0.2) is 0 Å². The molecule has 0 fully saturated rings. The predicted molar refractivity (Wildman–Crippen MR) is 108 cm³/mol. The van der Waals surface area contributed by atoms with Crippen LogP contribution in [-0.2, 0) is 20.0 Å². The van der Waals surface area contributed by atoms with Gasteiger partial charge in [-0.15, -0.1) is 0 Å². The third-order valence-electron chi connectivity index (χ3n) is 5.09. The third kappa shape index (κ3) is 2.77. The van der Waals surface area contributed by atoms with Crippen molar-refractivity contribution in [3.05, 3.63) is 57.9 Å². The Bertz CT molecular complexity index is 1210. The topological polar surface area (TPSA) is 84.6 Å². The van der Waals surface area contributed by atoms with Crippen LogP contribution in [0.4, 0.5) is 5.82 Å². The smallest absolute Gasteiger partial charge is 0.345 e. The van der Waals surface area contributed by atoms with E-state index in [1.807, 2.05) is 30.3 Å². The molecule has 0 saturated heterocycles. The number of nitrogens with one attached hydrogen (secondary N) is 1. The van der Waals surface area contributed by atoms with E-state index in [4.69, 9.17) is 11.6 Å². The highest BCUT2D eigenvalue weighted by Crippen LogP contribution is 2.30. The van der Waals surface area contributed by atoms with E-state index in [1.54, 1.807) is 17.8 Å². The molecule has 0 atom stereocenters. The van der Waals surface area contributed by atoms with E-state index >= 15 is 0 Å². The maximum atomic E-state index is 12.2. The largest absolute Gasteiger partial charge is 0.354 e. The molecule has 0 spiro atoms. The number of aromatic nitrogens is 6. The standard InChI is InChI=1S/C19H18ClN7O/c1-25-19(28)27-9-8-26(7-6-16(27)24-25)17-10-12(13(20)11-21-17)18-22-14-4-2-3-5-15(14)23-18/h2-5,10-11H,6-9H2,1H3,(H,22,23). The number of anilines is 1. The Balaban J connectivity index is 1.48. The summed E-state index contributed by atoms with van der Waals surface area (Å²) >= 11 is 6.42. The molecule has 8 nitrogen and oxygen atoms in total. The lowest BCUT2D eigenvalue weighted by molar-refractivity contribution is 0.639. The van der Waals surface area contributed by atoms with Gasteiger partial charge in [-0.05, 0) is 18.2 Å².